The van der Waals surface area contributed by atoms with Gasteiger partial charge < -0.3 is 14.7 Å². The summed E-state index contributed by atoms with van der Waals surface area (Å²) in [5.74, 6) is 0. The van der Waals surface area contributed by atoms with Crippen LogP contribution in [0.4, 0.5) is 22.7 Å². The highest BCUT2D eigenvalue weighted by molar-refractivity contribution is 5.76. The Morgan fingerprint density at radius 2 is 1.40 bits per heavy atom. The number of benzene rings is 2. The standard InChI is InChI=1S/C20H25N5/c1-23-18-8-4-5-9-19(18)24(2)20(23)22-21-16-10-12-17(13-11-16)25-14-6-3-7-15-25/h4-5,8-13,20H,3,6-7,14-15H2,1-2H3. The van der Waals surface area contributed by atoms with Gasteiger partial charge in [0.1, 0.15) is 0 Å². The molecule has 0 radical (unpaired) electrons. The van der Waals surface area contributed by atoms with Gasteiger partial charge in [-0.3, -0.25) is 0 Å². The van der Waals surface area contributed by atoms with Crippen LogP contribution in [0.25, 0.3) is 0 Å². The summed E-state index contributed by atoms with van der Waals surface area (Å²) in [4.78, 5) is 6.77. The smallest absolute Gasteiger partial charge is 0.218 e. The van der Waals surface area contributed by atoms with Crippen molar-refractivity contribution in [1.82, 2.24) is 0 Å². The van der Waals surface area contributed by atoms with Crippen molar-refractivity contribution >= 4 is 22.7 Å². The molecule has 1 saturated heterocycles. The Kier molecular flexibility index (Phi) is 4.30. The Bertz CT molecular complexity index is 720. The summed E-state index contributed by atoms with van der Waals surface area (Å²) in [7, 11) is 4.12. The molecule has 130 valence electrons. The Labute approximate surface area is 149 Å². The fourth-order valence-electron chi connectivity index (χ4n) is 3.72. The SMILES string of the molecule is CN1c2ccccc2N(C)C1N=Nc1ccc(N2CCCCC2)cc1. The lowest BCUT2D eigenvalue weighted by Gasteiger charge is -2.28. The van der Waals surface area contributed by atoms with Crippen LogP contribution in [0, 0.1) is 0 Å². The fraction of sp³-hybridized carbons (Fsp3) is 0.400. The minimum Gasteiger partial charge on any atom is -0.372 e. The van der Waals surface area contributed by atoms with Crippen LogP contribution in [0.1, 0.15) is 19.3 Å². The van der Waals surface area contributed by atoms with Crippen LogP contribution in [-0.4, -0.2) is 33.5 Å². The van der Waals surface area contributed by atoms with Crippen LogP contribution in [0.2, 0.25) is 0 Å². The van der Waals surface area contributed by atoms with E-state index in [1.807, 2.05) is 0 Å². The van der Waals surface area contributed by atoms with Crippen LogP contribution in [0.3, 0.4) is 0 Å². The van der Waals surface area contributed by atoms with Crippen LogP contribution in [0.5, 0.6) is 0 Å². The van der Waals surface area contributed by atoms with Crippen molar-refractivity contribution in [1.29, 1.82) is 0 Å². The molecule has 2 heterocycles. The van der Waals surface area contributed by atoms with E-state index in [0.29, 0.717) is 0 Å². The number of anilines is 3. The van der Waals surface area contributed by atoms with Crippen molar-refractivity contribution in [3.05, 3.63) is 48.5 Å². The number of nitrogens with zero attached hydrogens (tertiary/aromatic N) is 5. The van der Waals surface area contributed by atoms with E-state index in [9.17, 15) is 0 Å². The van der Waals surface area contributed by atoms with Gasteiger partial charge in [-0.15, -0.1) is 5.11 Å². The third-order valence-corrected chi connectivity index (χ3v) is 5.18. The van der Waals surface area contributed by atoms with Gasteiger partial charge in [0.05, 0.1) is 17.1 Å². The maximum absolute atomic E-state index is 4.58. The Morgan fingerprint density at radius 1 is 0.800 bits per heavy atom. The predicted molar refractivity (Wildman–Crippen MR) is 104 cm³/mol. The van der Waals surface area contributed by atoms with Crippen LogP contribution >= 0.6 is 0 Å². The number of piperidine rings is 1. The van der Waals surface area contributed by atoms with Crippen LogP contribution in [0.15, 0.2) is 58.8 Å². The van der Waals surface area contributed by atoms with Gasteiger partial charge >= 0.3 is 0 Å². The molecular weight excluding hydrogens is 310 g/mol. The second kappa shape index (κ2) is 6.75. The molecule has 0 unspecified atom stereocenters. The minimum absolute atomic E-state index is 0.0980. The summed E-state index contributed by atoms with van der Waals surface area (Å²) in [6.45, 7) is 2.33. The molecule has 4 rings (SSSR count). The third-order valence-electron chi connectivity index (χ3n) is 5.18. The first-order valence-corrected chi connectivity index (χ1v) is 9.04. The van der Waals surface area contributed by atoms with E-state index in [2.05, 4.69) is 87.6 Å². The van der Waals surface area contributed by atoms with E-state index in [1.165, 1.54) is 36.3 Å². The quantitative estimate of drug-likeness (QED) is 0.767. The van der Waals surface area contributed by atoms with Crippen LogP contribution < -0.4 is 14.7 Å². The molecule has 2 aromatic rings. The van der Waals surface area contributed by atoms with E-state index < -0.39 is 0 Å². The zero-order valence-electron chi connectivity index (χ0n) is 15.0. The summed E-state index contributed by atoms with van der Waals surface area (Å²) in [6, 6.07) is 16.8. The Hall–Kier alpha value is -2.56. The van der Waals surface area contributed by atoms with E-state index in [1.54, 1.807) is 0 Å². The lowest BCUT2D eigenvalue weighted by Crippen LogP contribution is -2.36. The average Bonchev–Trinajstić information content (AvgIpc) is 2.92. The van der Waals surface area contributed by atoms with E-state index in [0.717, 1.165) is 18.8 Å². The number of hydrogen-bond acceptors (Lipinski definition) is 5. The molecule has 5 heteroatoms. The van der Waals surface area contributed by atoms with Crippen molar-refractivity contribution in [2.75, 3.05) is 41.9 Å². The highest BCUT2D eigenvalue weighted by Gasteiger charge is 2.30. The molecule has 0 amide bonds. The average molecular weight is 335 g/mol. The molecule has 1 fully saturated rings. The molecule has 25 heavy (non-hydrogen) atoms. The van der Waals surface area contributed by atoms with Crippen molar-refractivity contribution in [3.8, 4) is 0 Å². The number of para-hydroxylation sites is 2. The van der Waals surface area contributed by atoms with Crippen molar-refractivity contribution < 1.29 is 0 Å². The number of rotatable bonds is 3. The molecule has 0 atom stereocenters. The molecule has 0 aromatic heterocycles. The van der Waals surface area contributed by atoms with Crippen molar-refractivity contribution in [2.45, 2.75) is 25.6 Å². The predicted octanol–water partition coefficient (Wildman–Crippen LogP) is 4.63. The first kappa shape index (κ1) is 15.9. The van der Waals surface area contributed by atoms with Gasteiger partial charge in [0, 0.05) is 32.9 Å². The molecule has 0 aliphatic carbocycles. The van der Waals surface area contributed by atoms with Crippen LogP contribution in [-0.2, 0) is 0 Å². The molecule has 0 bridgehead atoms. The Morgan fingerprint density at radius 3 is 2.00 bits per heavy atom. The number of fused-ring (bicyclic) bond motifs is 1. The monoisotopic (exact) mass is 335 g/mol. The van der Waals surface area contributed by atoms with E-state index in [-0.39, 0.29) is 6.29 Å². The summed E-state index contributed by atoms with van der Waals surface area (Å²) < 4.78 is 0. The summed E-state index contributed by atoms with van der Waals surface area (Å²) >= 11 is 0. The number of hydrogen-bond donors (Lipinski definition) is 0. The molecule has 2 aromatic carbocycles. The highest BCUT2D eigenvalue weighted by atomic mass is 15.5. The van der Waals surface area contributed by atoms with Gasteiger partial charge in [-0.25, -0.2) is 0 Å². The second-order valence-corrected chi connectivity index (χ2v) is 6.84. The van der Waals surface area contributed by atoms with Gasteiger partial charge in [-0.05, 0) is 55.7 Å². The van der Waals surface area contributed by atoms with Gasteiger partial charge in [0.2, 0.25) is 6.29 Å². The topological polar surface area (TPSA) is 34.4 Å². The van der Waals surface area contributed by atoms with E-state index in [4.69, 9.17) is 0 Å². The summed E-state index contributed by atoms with van der Waals surface area (Å²) in [5, 5.41) is 9.06. The number of azo groups is 1. The maximum Gasteiger partial charge on any atom is 0.218 e. The molecule has 0 N–H and O–H groups in total. The first-order valence-electron chi connectivity index (χ1n) is 9.04. The normalized spacial score (nSPS) is 18.2. The third kappa shape index (κ3) is 3.06. The van der Waals surface area contributed by atoms with Crippen molar-refractivity contribution in [3.63, 3.8) is 0 Å². The van der Waals surface area contributed by atoms with E-state index >= 15 is 0 Å². The van der Waals surface area contributed by atoms with Crippen molar-refractivity contribution in [2.24, 2.45) is 10.2 Å². The summed E-state index contributed by atoms with van der Waals surface area (Å²) in [6.07, 6.45) is 3.84. The largest absolute Gasteiger partial charge is 0.372 e. The zero-order chi connectivity index (χ0) is 17.2. The zero-order valence-corrected chi connectivity index (χ0v) is 15.0. The molecule has 2 aliphatic rings. The van der Waals surface area contributed by atoms with Gasteiger partial charge in [0.25, 0.3) is 0 Å². The molecular formula is C20H25N5. The fourth-order valence-corrected chi connectivity index (χ4v) is 3.72. The molecule has 5 nitrogen and oxygen atoms in total. The molecule has 0 saturated carbocycles. The molecule has 2 aliphatic heterocycles. The summed E-state index contributed by atoms with van der Waals surface area (Å²) in [5.41, 5.74) is 4.57. The van der Waals surface area contributed by atoms with Gasteiger partial charge in [-0.2, -0.15) is 5.11 Å². The minimum atomic E-state index is -0.0980. The first-order chi connectivity index (χ1) is 12.2. The van der Waals surface area contributed by atoms with Gasteiger partial charge in [0.15, 0.2) is 0 Å². The second-order valence-electron chi connectivity index (χ2n) is 6.84. The lowest BCUT2D eigenvalue weighted by molar-refractivity contribution is 0.578. The van der Waals surface area contributed by atoms with Gasteiger partial charge in [-0.1, -0.05) is 12.1 Å². The maximum atomic E-state index is 4.58. The lowest BCUT2D eigenvalue weighted by atomic mass is 10.1. The Balaban J connectivity index is 1.47. The molecule has 0 spiro atoms. The highest BCUT2D eigenvalue weighted by Crippen LogP contribution is 2.38.